The average Bonchev–Trinajstić information content (AvgIpc) is 2.79. The van der Waals surface area contributed by atoms with Gasteiger partial charge in [0, 0.05) is 6.42 Å². The molecular formula is C33H53NO2. The van der Waals surface area contributed by atoms with Gasteiger partial charge in [-0.25, -0.2) is 0 Å². The summed E-state index contributed by atoms with van der Waals surface area (Å²) in [7, 11) is 2.00. The van der Waals surface area contributed by atoms with Crippen molar-refractivity contribution < 1.29 is 9.47 Å². The zero-order valence-corrected chi connectivity index (χ0v) is 25.0. The van der Waals surface area contributed by atoms with Crippen LogP contribution in [0, 0.1) is 6.92 Å². The maximum absolute atomic E-state index is 6.48. The quantitative estimate of drug-likeness (QED) is 0.283. The number of hydrogen-bond donors (Lipinski definition) is 1. The van der Waals surface area contributed by atoms with E-state index < -0.39 is 0 Å². The molecule has 36 heavy (non-hydrogen) atoms. The van der Waals surface area contributed by atoms with Gasteiger partial charge < -0.3 is 14.8 Å². The molecule has 0 unspecified atom stereocenters. The molecule has 0 atom stereocenters. The fourth-order valence-electron chi connectivity index (χ4n) is 4.49. The molecule has 0 spiro atoms. The predicted molar refractivity (Wildman–Crippen MR) is 156 cm³/mol. The minimum atomic E-state index is 0.0765. The highest BCUT2D eigenvalue weighted by Gasteiger charge is 2.23. The molecule has 0 radical (unpaired) electrons. The Morgan fingerprint density at radius 1 is 0.694 bits per heavy atom. The van der Waals surface area contributed by atoms with Crippen LogP contribution in [0.2, 0.25) is 0 Å². The van der Waals surface area contributed by atoms with Gasteiger partial charge in [0.1, 0.15) is 11.5 Å². The second-order valence-electron chi connectivity index (χ2n) is 12.3. The summed E-state index contributed by atoms with van der Waals surface area (Å²) in [6, 6.07) is 9.44. The van der Waals surface area contributed by atoms with Crippen LogP contribution in [0.3, 0.4) is 0 Å². The van der Waals surface area contributed by atoms with E-state index in [4.69, 9.17) is 9.47 Å². The van der Waals surface area contributed by atoms with E-state index in [9.17, 15) is 0 Å². The van der Waals surface area contributed by atoms with Crippen LogP contribution in [0.4, 0.5) is 0 Å². The lowest BCUT2D eigenvalue weighted by atomic mass is 9.82. The van der Waals surface area contributed by atoms with Crippen molar-refractivity contribution in [1.82, 2.24) is 5.32 Å². The molecule has 0 fully saturated rings. The predicted octanol–water partition coefficient (Wildman–Crippen LogP) is 8.30. The first-order chi connectivity index (χ1) is 16.9. The largest absolute Gasteiger partial charge is 0.493 e. The standard InChI is InChI=1S/C33H53NO2/c1-11-13-17-36-31-25(12-2)21-29(33(7,8)9)23-27(31)20-26-22-28(32(4,5)6)19-24(3)30(26)35-18-15-14-16-34-10/h19,21-23,34H,11-18,20H2,1-10H3. The lowest BCUT2D eigenvalue weighted by Gasteiger charge is -2.26. The van der Waals surface area contributed by atoms with Gasteiger partial charge in [0.2, 0.25) is 0 Å². The van der Waals surface area contributed by atoms with Crippen LogP contribution < -0.4 is 14.8 Å². The van der Waals surface area contributed by atoms with Crippen LogP contribution in [-0.2, 0) is 23.7 Å². The Morgan fingerprint density at radius 3 is 1.78 bits per heavy atom. The van der Waals surface area contributed by atoms with Crippen LogP contribution in [0.25, 0.3) is 0 Å². The van der Waals surface area contributed by atoms with E-state index >= 15 is 0 Å². The lowest BCUT2D eigenvalue weighted by Crippen LogP contribution is -2.15. The van der Waals surface area contributed by atoms with Gasteiger partial charge in [-0.15, -0.1) is 0 Å². The Hall–Kier alpha value is -2.00. The number of rotatable bonds is 13. The summed E-state index contributed by atoms with van der Waals surface area (Å²) in [5, 5.41) is 3.23. The van der Waals surface area contributed by atoms with Crippen LogP contribution in [0.1, 0.15) is 114 Å². The van der Waals surface area contributed by atoms with Gasteiger partial charge in [0.25, 0.3) is 0 Å². The van der Waals surface area contributed by atoms with E-state index in [1.807, 2.05) is 7.05 Å². The molecule has 3 heteroatoms. The molecule has 2 aromatic rings. The highest BCUT2D eigenvalue weighted by Crippen LogP contribution is 2.38. The molecule has 0 saturated carbocycles. The van der Waals surface area contributed by atoms with Crippen LogP contribution in [0.15, 0.2) is 24.3 Å². The van der Waals surface area contributed by atoms with Gasteiger partial charge in [0.15, 0.2) is 0 Å². The third-order valence-corrected chi connectivity index (χ3v) is 6.90. The van der Waals surface area contributed by atoms with Crippen LogP contribution in [0.5, 0.6) is 11.5 Å². The molecule has 2 rings (SSSR count). The van der Waals surface area contributed by atoms with Gasteiger partial charge >= 0.3 is 0 Å². The van der Waals surface area contributed by atoms with E-state index in [1.165, 1.54) is 33.4 Å². The van der Waals surface area contributed by atoms with Crippen molar-refractivity contribution in [2.24, 2.45) is 0 Å². The highest BCUT2D eigenvalue weighted by atomic mass is 16.5. The molecule has 0 amide bonds. The summed E-state index contributed by atoms with van der Waals surface area (Å²) >= 11 is 0. The Morgan fingerprint density at radius 2 is 1.22 bits per heavy atom. The molecule has 202 valence electrons. The summed E-state index contributed by atoms with van der Waals surface area (Å²) < 4.78 is 13.0. The maximum atomic E-state index is 6.48. The summed E-state index contributed by atoms with van der Waals surface area (Å²) in [5.74, 6) is 2.13. The van der Waals surface area contributed by atoms with Crippen LogP contribution in [-0.4, -0.2) is 26.8 Å². The zero-order valence-electron chi connectivity index (χ0n) is 25.0. The van der Waals surface area contributed by atoms with Gasteiger partial charge in [0.05, 0.1) is 13.2 Å². The SMILES string of the molecule is CCCCOc1c(CC)cc(C(C)(C)C)cc1Cc1cc(C(C)(C)C)cc(C)c1OCCCCNC. The monoisotopic (exact) mass is 495 g/mol. The Kier molecular flexibility index (Phi) is 11.3. The molecule has 0 heterocycles. The number of nitrogens with one attached hydrogen (secondary N) is 1. The lowest BCUT2D eigenvalue weighted by molar-refractivity contribution is 0.299. The fraction of sp³-hybridized carbons (Fsp3) is 0.636. The van der Waals surface area contributed by atoms with E-state index in [0.29, 0.717) is 0 Å². The van der Waals surface area contributed by atoms with Crippen molar-refractivity contribution in [3.63, 3.8) is 0 Å². The smallest absolute Gasteiger partial charge is 0.126 e. The summed E-state index contributed by atoms with van der Waals surface area (Å²) in [6.07, 6.45) is 6.15. The second kappa shape index (κ2) is 13.5. The minimum Gasteiger partial charge on any atom is -0.493 e. The van der Waals surface area contributed by atoms with Crippen molar-refractivity contribution in [3.8, 4) is 11.5 Å². The molecule has 0 aliphatic heterocycles. The van der Waals surface area contributed by atoms with Crippen molar-refractivity contribution >= 4 is 0 Å². The highest BCUT2D eigenvalue weighted by molar-refractivity contribution is 5.53. The van der Waals surface area contributed by atoms with Crippen LogP contribution >= 0.6 is 0 Å². The van der Waals surface area contributed by atoms with E-state index in [1.54, 1.807) is 0 Å². The summed E-state index contributed by atoms with van der Waals surface area (Å²) in [6.45, 7) is 23.0. The number of ether oxygens (including phenoxy) is 2. The molecule has 3 nitrogen and oxygen atoms in total. The Balaban J connectivity index is 2.59. The van der Waals surface area contributed by atoms with E-state index in [-0.39, 0.29) is 10.8 Å². The molecule has 0 aliphatic rings. The average molecular weight is 496 g/mol. The first kappa shape index (κ1) is 30.2. The molecule has 0 aliphatic carbocycles. The summed E-state index contributed by atoms with van der Waals surface area (Å²) in [4.78, 5) is 0. The molecule has 2 aromatic carbocycles. The molecule has 0 aromatic heterocycles. The first-order valence-electron chi connectivity index (χ1n) is 14.1. The van der Waals surface area contributed by atoms with Gasteiger partial charge in [-0.1, -0.05) is 86.1 Å². The van der Waals surface area contributed by atoms with Gasteiger partial charge in [-0.05, 0) is 90.4 Å². The van der Waals surface area contributed by atoms with Crippen molar-refractivity contribution in [1.29, 1.82) is 0 Å². The zero-order chi connectivity index (χ0) is 26.9. The third kappa shape index (κ3) is 8.54. The normalized spacial score (nSPS) is 12.2. The number of unbranched alkanes of at least 4 members (excludes halogenated alkanes) is 2. The van der Waals surface area contributed by atoms with Gasteiger partial charge in [-0.3, -0.25) is 0 Å². The van der Waals surface area contributed by atoms with Crippen molar-refractivity contribution in [2.75, 3.05) is 26.8 Å². The second-order valence-corrected chi connectivity index (χ2v) is 12.3. The van der Waals surface area contributed by atoms with Gasteiger partial charge in [-0.2, -0.15) is 0 Å². The minimum absolute atomic E-state index is 0.0765. The maximum Gasteiger partial charge on any atom is 0.126 e. The third-order valence-electron chi connectivity index (χ3n) is 6.90. The fourth-order valence-corrected chi connectivity index (χ4v) is 4.49. The Labute approximate surface area is 222 Å². The molecular weight excluding hydrogens is 442 g/mol. The van der Waals surface area contributed by atoms with Crippen molar-refractivity contribution in [2.45, 2.75) is 112 Å². The Bertz CT molecular complexity index is 963. The molecule has 0 saturated heterocycles. The topological polar surface area (TPSA) is 30.5 Å². The first-order valence-corrected chi connectivity index (χ1v) is 14.1. The molecule has 0 bridgehead atoms. The van der Waals surface area contributed by atoms with E-state index in [0.717, 1.165) is 69.8 Å². The number of hydrogen-bond acceptors (Lipinski definition) is 3. The number of benzene rings is 2. The number of aryl methyl sites for hydroxylation is 2. The molecule has 1 N–H and O–H groups in total. The van der Waals surface area contributed by atoms with E-state index in [2.05, 4.69) is 91.9 Å². The summed E-state index contributed by atoms with van der Waals surface area (Å²) in [5.41, 5.74) is 7.96. The van der Waals surface area contributed by atoms with Crippen molar-refractivity contribution in [3.05, 3.63) is 57.6 Å².